The van der Waals surface area contributed by atoms with Crippen molar-refractivity contribution >= 4 is 0 Å². The highest BCUT2D eigenvalue weighted by atomic mass is 16.6. The first-order valence-corrected chi connectivity index (χ1v) is 6.97. The van der Waals surface area contributed by atoms with Crippen LogP contribution in [0.15, 0.2) is 36.4 Å². The minimum Gasteiger partial charge on any atom is -0.486 e. The second kappa shape index (κ2) is 6.62. The summed E-state index contributed by atoms with van der Waals surface area (Å²) < 4.78 is 11.8. The van der Waals surface area contributed by atoms with Crippen molar-refractivity contribution < 1.29 is 9.47 Å². The first-order valence-electron chi connectivity index (χ1n) is 6.97. The van der Waals surface area contributed by atoms with Crippen LogP contribution in [0.2, 0.25) is 0 Å². The number of para-hydroxylation sites is 2. The van der Waals surface area contributed by atoms with Crippen LogP contribution in [0.4, 0.5) is 0 Å². The molecule has 0 bridgehead atoms. The van der Waals surface area contributed by atoms with Gasteiger partial charge in [-0.05, 0) is 38.4 Å². The zero-order valence-electron chi connectivity index (χ0n) is 11.8. The molecule has 1 aliphatic rings. The third kappa shape index (κ3) is 3.74. The van der Waals surface area contributed by atoms with Crippen LogP contribution in [0.3, 0.4) is 0 Å². The van der Waals surface area contributed by atoms with Crippen LogP contribution in [-0.4, -0.2) is 25.3 Å². The molecule has 1 N–H and O–H groups in total. The zero-order chi connectivity index (χ0) is 13.7. The molecule has 0 aliphatic carbocycles. The molecule has 0 saturated carbocycles. The van der Waals surface area contributed by atoms with Gasteiger partial charge in [0.25, 0.3) is 0 Å². The number of benzene rings is 1. The molecule has 1 aromatic carbocycles. The van der Waals surface area contributed by atoms with Crippen molar-refractivity contribution in [3.05, 3.63) is 36.4 Å². The molecule has 1 heterocycles. The molecule has 2 atom stereocenters. The Kier molecular flexibility index (Phi) is 4.86. The molecule has 3 nitrogen and oxygen atoms in total. The Morgan fingerprint density at radius 2 is 2.16 bits per heavy atom. The molecular formula is C16H23NO2. The molecule has 0 radical (unpaired) electrons. The molecule has 0 amide bonds. The second-order valence-corrected chi connectivity index (χ2v) is 5.14. The van der Waals surface area contributed by atoms with E-state index in [1.807, 2.05) is 24.3 Å². The zero-order valence-corrected chi connectivity index (χ0v) is 11.8. The molecule has 104 valence electrons. The Balaban J connectivity index is 2.04. The molecule has 0 aromatic heterocycles. The van der Waals surface area contributed by atoms with E-state index in [1.165, 1.54) is 0 Å². The number of hydrogen-bond acceptors (Lipinski definition) is 3. The maximum atomic E-state index is 6.06. The molecule has 2 rings (SSSR count). The lowest BCUT2D eigenvalue weighted by molar-refractivity contribution is 0.0620. The van der Waals surface area contributed by atoms with Crippen molar-refractivity contribution in [1.29, 1.82) is 0 Å². The Morgan fingerprint density at radius 1 is 1.42 bits per heavy atom. The lowest BCUT2D eigenvalue weighted by Crippen LogP contribution is -2.48. The molecule has 0 spiro atoms. The van der Waals surface area contributed by atoms with Crippen molar-refractivity contribution in [1.82, 2.24) is 5.32 Å². The normalized spacial score (nSPS) is 18.9. The standard InChI is InChI=1S/C16H23NO2/c1-4-9-17-13(10-12(2)3)16-11-18-14-7-5-6-8-15(14)19-16/h5-8,13,16-17H,2,4,9-11H2,1,3H3. The van der Waals surface area contributed by atoms with Gasteiger partial charge in [0.05, 0.1) is 6.04 Å². The van der Waals surface area contributed by atoms with E-state index in [0.29, 0.717) is 6.61 Å². The lowest BCUT2D eigenvalue weighted by atomic mass is 10.0. The van der Waals surface area contributed by atoms with E-state index < -0.39 is 0 Å². The van der Waals surface area contributed by atoms with Crippen LogP contribution in [0.25, 0.3) is 0 Å². The van der Waals surface area contributed by atoms with Crippen molar-refractivity contribution in [2.24, 2.45) is 0 Å². The summed E-state index contributed by atoms with van der Waals surface area (Å²) in [7, 11) is 0. The van der Waals surface area contributed by atoms with Crippen LogP contribution >= 0.6 is 0 Å². The Morgan fingerprint density at radius 3 is 2.84 bits per heavy atom. The fourth-order valence-electron chi connectivity index (χ4n) is 2.27. The van der Waals surface area contributed by atoms with Gasteiger partial charge in [-0.3, -0.25) is 0 Å². The van der Waals surface area contributed by atoms with Gasteiger partial charge in [-0.25, -0.2) is 0 Å². The first kappa shape index (κ1) is 13.9. The van der Waals surface area contributed by atoms with Crippen LogP contribution in [-0.2, 0) is 0 Å². The largest absolute Gasteiger partial charge is 0.486 e. The fourth-order valence-corrected chi connectivity index (χ4v) is 2.27. The summed E-state index contributed by atoms with van der Waals surface area (Å²) >= 11 is 0. The van der Waals surface area contributed by atoms with E-state index in [-0.39, 0.29) is 12.1 Å². The van der Waals surface area contributed by atoms with Crippen LogP contribution in [0, 0.1) is 0 Å². The van der Waals surface area contributed by atoms with Gasteiger partial charge >= 0.3 is 0 Å². The minimum atomic E-state index is 0.0400. The number of hydrogen-bond donors (Lipinski definition) is 1. The van der Waals surface area contributed by atoms with Crippen LogP contribution < -0.4 is 14.8 Å². The third-order valence-electron chi connectivity index (χ3n) is 3.20. The van der Waals surface area contributed by atoms with E-state index in [1.54, 1.807) is 0 Å². The van der Waals surface area contributed by atoms with Crippen molar-refractivity contribution in [2.45, 2.75) is 38.8 Å². The smallest absolute Gasteiger partial charge is 0.161 e. The monoisotopic (exact) mass is 261 g/mol. The van der Waals surface area contributed by atoms with Gasteiger partial charge in [-0.15, -0.1) is 6.58 Å². The van der Waals surface area contributed by atoms with Crippen LogP contribution in [0.5, 0.6) is 11.5 Å². The highest BCUT2D eigenvalue weighted by molar-refractivity contribution is 5.40. The Bertz CT molecular complexity index is 431. The summed E-state index contributed by atoms with van der Waals surface area (Å²) in [6.07, 6.45) is 2.06. The van der Waals surface area contributed by atoms with Gasteiger partial charge < -0.3 is 14.8 Å². The summed E-state index contributed by atoms with van der Waals surface area (Å²) in [5.41, 5.74) is 1.16. The lowest BCUT2D eigenvalue weighted by Gasteiger charge is -2.33. The van der Waals surface area contributed by atoms with E-state index in [4.69, 9.17) is 9.47 Å². The van der Waals surface area contributed by atoms with Crippen molar-refractivity contribution in [2.75, 3.05) is 13.2 Å². The van der Waals surface area contributed by atoms with Gasteiger partial charge in [-0.2, -0.15) is 0 Å². The van der Waals surface area contributed by atoms with E-state index >= 15 is 0 Å². The van der Waals surface area contributed by atoms with Gasteiger partial charge in [-0.1, -0.05) is 24.6 Å². The second-order valence-electron chi connectivity index (χ2n) is 5.14. The van der Waals surface area contributed by atoms with Crippen molar-refractivity contribution in [3.8, 4) is 11.5 Å². The number of nitrogens with one attached hydrogen (secondary N) is 1. The Labute approximate surface area is 115 Å². The predicted molar refractivity (Wildman–Crippen MR) is 77.9 cm³/mol. The minimum absolute atomic E-state index is 0.0400. The summed E-state index contributed by atoms with van der Waals surface area (Å²) in [5, 5.41) is 3.54. The number of rotatable bonds is 6. The summed E-state index contributed by atoms with van der Waals surface area (Å²) in [6, 6.07) is 8.09. The average molecular weight is 261 g/mol. The quantitative estimate of drug-likeness (QED) is 0.798. The number of ether oxygens (including phenoxy) is 2. The van der Waals surface area contributed by atoms with Gasteiger partial charge in [0.1, 0.15) is 12.7 Å². The number of fused-ring (bicyclic) bond motifs is 1. The molecular weight excluding hydrogens is 238 g/mol. The maximum Gasteiger partial charge on any atom is 0.161 e. The average Bonchev–Trinajstić information content (AvgIpc) is 2.42. The third-order valence-corrected chi connectivity index (χ3v) is 3.20. The first-order chi connectivity index (χ1) is 9.20. The predicted octanol–water partition coefficient (Wildman–Crippen LogP) is 3.16. The molecule has 1 aliphatic heterocycles. The van der Waals surface area contributed by atoms with E-state index in [2.05, 4.69) is 25.7 Å². The van der Waals surface area contributed by atoms with Crippen molar-refractivity contribution in [3.63, 3.8) is 0 Å². The molecule has 0 saturated heterocycles. The summed E-state index contributed by atoms with van der Waals surface area (Å²) in [6.45, 7) is 9.80. The highest BCUT2D eigenvalue weighted by Gasteiger charge is 2.28. The molecule has 0 fully saturated rings. The summed E-state index contributed by atoms with van der Waals surface area (Å²) in [4.78, 5) is 0. The summed E-state index contributed by atoms with van der Waals surface area (Å²) in [5.74, 6) is 1.67. The fraction of sp³-hybridized carbons (Fsp3) is 0.500. The SMILES string of the molecule is C=C(C)CC(NCCC)C1COc2ccccc2O1. The van der Waals surface area contributed by atoms with E-state index in [0.717, 1.165) is 36.5 Å². The highest BCUT2D eigenvalue weighted by Crippen LogP contribution is 2.32. The molecule has 1 aromatic rings. The molecule has 19 heavy (non-hydrogen) atoms. The van der Waals surface area contributed by atoms with Gasteiger partial charge in [0.15, 0.2) is 11.5 Å². The van der Waals surface area contributed by atoms with Gasteiger partial charge in [0.2, 0.25) is 0 Å². The molecule has 3 heteroatoms. The Hall–Kier alpha value is -1.48. The molecule has 2 unspecified atom stereocenters. The van der Waals surface area contributed by atoms with E-state index in [9.17, 15) is 0 Å². The van der Waals surface area contributed by atoms with Gasteiger partial charge in [0, 0.05) is 0 Å². The topological polar surface area (TPSA) is 30.5 Å². The maximum absolute atomic E-state index is 6.06. The van der Waals surface area contributed by atoms with Crippen LogP contribution in [0.1, 0.15) is 26.7 Å².